The van der Waals surface area contributed by atoms with E-state index in [-0.39, 0.29) is 11.3 Å². The minimum Gasteiger partial charge on any atom is -0.329 e. The highest BCUT2D eigenvalue weighted by molar-refractivity contribution is 5.86. The van der Waals surface area contributed by atoms with Crippen LogP contribution in [0.4, 0.5) is 0 Å². The van der Waals surface area contributed by atoms with E-state index in [1.807, 2.05) is 20.8 Å². The van der Waals surface area contributed by atoms with Gasteiger partial charge in [-0.1, -0.05) is 34.1 Å². The fourth-order valence-corrected chi connectivity index (χ4v) is 1.58. The summed E-state index contributed by atoms with van der Waals surface area (Å²) in [6.45, 7) is 8.59. The van der Waals surface area contributed by atoms with Crippen LogP contribution in [0.3, 0.4) is 0 Å². The van der Waals surface area contributed by atoms with Crippen molar-refractivity contribution in [2.75, 3.05) is 6.54 Å². The number of carbonyl (C=O) groups is 1. The molecule has 0 spiro atoms. The molecule has 0 bridgehead atoms. The highest BCUT2D eigenvalue weighted by atomic mass is 16.1. The molecule has 0 saturated heterocycles. The van der Waals surface area contributed by atoms with Crippen LogP contribution in [0.2, 0.25) is 0 Å². The standard InChI is InChI=1S/C11H23NO/c1-5-7-9(3)10(13)11(4,6-2)8-12/h9H,5-8,12H2,1-4H3. The largest absolute Gasteiger partial charge is 0.329 e. The lowest BCUT2D eigenvalue weighted by Crippen LogP contribution is -2.38. The van der Waals surface area contributed by atoms with Crippen molar-refractivity contribution in [1.29, 1.82) is 0 Å². The lowest BCUT2D eigenvalue weighted by molar-refractivity contribution is -0.131. The molecule has 0 aliphatic heterocycles. The van der Waals surface area contributed by atoms with Gasteiger partial charge in [-0.05, 0) is 12.8 Å². The lowest BCUT2D eigenvalue weighted by atomic mass is 9.77. The number of Topliss-reactive ketones (excluding diaryl/α,β-unsaturated/α-hetero) is 1. The number of hydrogen-bond donors (Lipinski definition) is 1. The maximum absolute atomic E-state index is 11.9. The van der Waals surface area contributed by atoms with Crippen molar-refractivity contribution in [1.82, 2.24) is 0 Å². The topological polar surface area (TPSA) is 43.1 Å². The SMILES string of the molecule is CCCC(C)C(=O)C(C)(CC)CN. The first-order valence-electron chi connectivity index (χ1n) is 5.26. The summed E-state index contributed by atoms with van der Waals surface area (Å²) in [6, 6.07) is 0. The van der Waals surface area contributed by atoms with E-state index < -0.39 is 0 Å². The molecule has 0 amide bonds. The van der Waals surface area contributed by atoms with Crippen LogP contribution < -0.4 is 5.73 Å². The third-order valence-corrected chi connectivity index (χ3v) is 2.99. The summed E-state index contributed by atoms with van der Waals surface area (Å²) in [7, 11) is 0. The molecule has 2 heteroatoms. The molecule has 0 aromatic heterocycles. The van der Waals surface area contributed by atoms with Crippen LogP contribution in [0, 0.1) is 11.3 Å². The molecule has 0 aromatic carbocycles. The minimum atomic E-state index is -0.297. The van der Waals surface area contributed by atoms with E-state index >= 15 is 0 Å². The first-order chi connectivity index (χ1) is 6.01. The van der Waals surface area contributed by atoms with E-state index in [0.29, 0.717) is 12.3 Å². The van der Waals surface area contributed by atoms with Crippen molar-refractivity contribution >= 4 is 5.78 Å². The van der Waals surface area contributed by atoms with E-state index in [1.54, 1.807) is 0 Å². The average molecular weight is 185 g/mol. The van der Waals surface area contributed by atoms with E-state index in [2.05, 4.69) is 6.92 Å². The normalized spacial score (nSPS) is 17.9. The van der Waals surface area contributed by atoms with Crippen LogP contribution in [0.25, 0.3) is 0 Å². The molecule has 0 saturated carbocycles. The molecular formula is C11H23NO. The molecule has 2 nitrogen and oxygen atoms in total. The van der Waals surface area contributed by atoms with Crippen LogP contribution in [0.1, 0.15) is 47.0 Å². The second kappa shape index (κ2) is 5.38. The molecule has 0 radical (unpaired) electrons. The molecule has 2 atom stereocenters. The van der Waals surface area contributed by atoms with Crippen molar-refractivity contribution in [2.45, 2.75) is 47.0 Å². The van der Waals surface area contributed by atoms with Gasteiger partial charge in [0.25, 0.3) is 0 Å². The Morgan fingerprint density at radius 3 is 2.31 bits per heavy atom. The van der Waals surface area contributed by atoms with Crippen LogP contribution >= 0.6 is 0 Å². The van der Waals surface area contributed by atoms with Gasteiger partial charge in [0.15, 0.2) is 0 Å². The maximum atomic E-state index is 11.9. The van der Waals surface area contributed by atoms with Gasteiger partial charge in [-0.15, -0.1) is 0 Å². The van der Waals surface area contributed by atoms with E-state index in [9.17, 15) is 4.79 Å². The zero-order valence-electron chi connectivity index (χ0n) is 9.39. The molecule has 0 aliphatic rings. The summed E-state index contributed by atoms with van der Waals surface area (Å²) in [5.41, 5.74) is 5.33. The number of rotatable bonds is 6. The quantitative estimate of drug-likeness (QED) is 0.690. The Kier molecular flexibility index (Phi) is 5.23. The highest BCUT2D eigenvalue weighted by Gasteiger charge is 2.32. The molecule has 2 unspecified atom stereocenters. The molecule has 13 heavy (non-hydrogen) atoms. The Balaban J connectivity index is 4.37. The highest BCUT2D eigenvalue weighted by Crippen LogP contribution is 2.26. The van der Waals surface area contributed by atoms with Crippen LogP contribution in [0.15, 0.2) is 0 Å². The van der Waals surface area contributed by atoms with Gasteiger partial charge in [-0.3, -0.25) is 4.79 Å². The zero-order valence-corrected chi connectivity index (χ0v) is 9.39. The second-order valence-electron chi connectivity index (χ2n) is 4.17. The van der Waals surface area contributed by atoms with Gasteiger partial charge in [0.1, 0.15) is 5.78 Å². The van der Waals surface area contributed by atoms with E-state index in [4.69, 9.17) is 5.73 Å². The lowest BCUT2D eigenvalue weighted by Gasteiger charge is -2.27. The van der Waals surface area contributed by atoms with Gasteiger partial charge in [-0.25, -0.2) is 0 Å². The number of nitrogens with two attached hydrogens (primary N) is 1. The Morgan fingerprint density at radius 1 is 1.46 bits per heavy atom. The van der Waals surface area contributed by atoms with Crippen molar-refractivity contribution < 1.29 is 4.79 Å². The Morgan fingerprint density at radius 2 is 2.00 bits per heavy atom. The first kappa shape index (κ1) is 12.6. The predicted octanol–water partition coefficient (Wildman–Crippen LogP) is 2.37. The van der Waals surface area contributed by atoms with E-state index in [1.165, 1.54) is 0 Å². The molecule has 0 rings (SSSR count). The third kappa shape index (κ3) is 3.11. The zero-order chi connectivity index (χ0) is 10.5. The molecule has 0 aromatic rings. The van der Waals surface area contributed by atoms with Gasteiger partial charge in [-0.2, -0.15) is 0 Å². The van der Waals surface area contributed by atoms with Gasteiger partial charge in [0, 0.05) is 17.9 Å². The van der Waals surface area contributed by atoms with Crippen LogP contribution in [0.5, 0.6) is 0 Å². The minimum absolute atomic E-state index is 0.165. The van der Waals surface area contributed by atoms with Crippen LogP contribution in [-0.2, 0) is 4.79 Å². The third-order valence-electron chi connectivity index (χ3n) is 2.99. The summed E-state index contributed by atoms with van der Waals surface area (Å²) in [4.78, 5) is 11.9. The van der Waals surface area contributed by atoms with Gasteiger partial charge < -0.3 is 5.73 Å². The molecular weight excluding hydrogens is 162 g/mol. The number of carbonyl (C=O) groups excluding carboxylic acids is 1. The fraction of sp³-hybridized carbons (Fsp3) is 0.909. The summed E-state index contributed by atoms with van der Waals surface area (Å²) in [5, 5.41) is 0. The number of ketones is 1. The fourth-order valence-electron chi connectivity index (χ4n) is 1.58. The van der Waals surface area contributed by atoms with Crippen molar-refractivity contribution in [2.24, 2.45) is 17.1 Å². The Bertz CT molecular complexity index is 161. The molecule has 0 aliphatic carbocycles. The van der Waals surface area contributed by atoms with E-state index in [0.717, 1.165) is 19.3 Å². The first-order valence-corrected chi connectivity index (χ1v) is 5.26. The molecule has 0 heterocycles. The van der Waals surface area contributed by atoms with Gasteiger partial charge >= 0.3 is 0 Å². The summed E-state index contributed by atoms with van der Waals surface area (Å²) >= 11 is 0. The summed E-state index contributed by atoms with van der Waals surface area (Å²) in [6.07, 6.45) is 2.89. The maximum Gasteiger partial charge on any atom is 0.142 e. The average Bonchev–Trinajstić information content (AvgIpc) is 2.16. The van der Waals surface area contributed by atoms with Gasteiger partial charge in [0.05, 0.1) is 0 Å². The van der Waals surface area contributed by atoms with Crippen LogP contribution in [-0.4, -0.2) is 12.3 Å². The smallest absolute Gasteiger partial charge is 0.142 e. The summed E-state index contributed by atoms with van der Waals surface area (Å²) in [5.74, 6) is 0.498. The molecule has 0 fully saturated rings. The number of hydrogen-bond acceptors (Lipinski definition) is 2. The molecule has 78 valence electrons. The Hall–Kier alpha value is -0.370. The van der Waals surface area contributed by atoms with Gasteiger partial charge in [0.2, 0.25) is 0 Å². The predicted molar refractivity (Wildman–Crippen MR) is 56.5 cm³/mol. The second-order valence-corrected chi connectivity index (χ2v) is 4.17. The van der Waals surface area contributed by atoms with Crippen molar-refractivity contribution in [3.05, 3.63) is 0 Å². The van der Waals surface area contributed by atoms with Crippen molar-refractivity contribution in [3.63, 3.8) is 0 Å². The molecule has 2 N–H and O–H groups in total. The Labute approximate surface area is 81.9 Å². The summed E-state index contributed by atoms with van der Waals surface area (Å²) < 4.78 is 0. The monoisotopic (exact) mass is 185 g/mol. The van der Waals surface area contributed by atoms with Crippen molar-refractivity contribution in [3.8, 4) is 0 Å².